The third kappa shape index (κ3) is 4.09. The van der Waals surface area contributed by atoms with E-state index >= 15 is 0 Å². The van der Waals surface area contributed by atoms with Gasteiger partial charge in [0.15, 0.2) is 5.82 Å². The molecule has 1 aliphatic carbocycles. The van der Waals surface area contributed by atoms with Gasteiger partial charge in [0.1, 0.15) is 5.56 Å². The van der Waals surface area contributed by atoms with Crippen molar-refractivity contribution in [1.29, 1.82) is 0 Å². The van der Waals surface area contributed by atoms with Gasteiger partial charge in [-0.1, -0.05) is 18.4 Å². The number of nitrogens with one attached hydrogen (secondary N) is 3. The molecule has 0 aromatic carbocycles. The van der Waals surface area contributed by atoms with E-state index < -0.39 is 11.5 Å². The average Bonchev–Trinajstić information content (AvgIpc) is 3.26. The molecule has 3 heterocycles. The van der Waals surface area contributed by atoms with Crippen LogP contribution >= 0.6 is 0 Å². The molecule has 0 unspecified atom stereocenters. The highest BCUT2D eigenvalue weighted by Crippen LogP contribution is 2.23. The molecule has 2 aromatic heterocycles. The van der Waals surface area contributed by atoms with Crippen molar-refractivity contribution < 1.29 is 19.3 Å². The number of amides is 2. The molecular weight excluding hydrogens is 412 g/mol. The van der Waals surface area contributed by atoms with Gasteiger partial charge in [0.2, 0.25) is 11.5 Å². The van der Waals surface area contributed by atoms with Gasteiger partial charge in [-0.3, -0.25) is 9.59 Å². The minimum atomic E-state index is -0.641. The Kier molecular flexibility index (Phi) is 5.94. The predicted molar refractivity (Wildman–Crippen MR) is 120 cm³/mol. The Morgan fingerprint density at radius 1 is 1.28 bits per heavy atom. The number of carbonyl (C=O) groups is 2. The number of hydrogen-bond donors (Lipinski definition) is 4. The fourth-order valence-corrected chi connectivity index (χ4v) is 4.08. The minimum absolute atomic E-state index is 0.0483. The third-order valence-electron chi connectivity index (χ3n) is 5.85. The van der Waals surface area contributed by atoms with E-state index in [4.69, 9.17) is 0 Å². The van der Waals surface area contributed by atoms with E-state index in [2.05, 4.69) is 15.7 Å². The Bertz CT molecular complexity index is 1140. The summed E-state index contributed by atoms with van der Waals surface area (Å²) in [5.41, 5.74) is 0.0153. The number of aromatic nitrogens is 3. The topological polar surface area (TPSA) is 123 Å². The van der Waals surface area contributed by atoms with Gasteiger partial charge in [-0.05, 0) is 37.7 Å². The number of carbonyl (C=O) groups excluding carboxylic acids is 2. The first-order chi connectivity index (χ1) is 15.3. The summed E-state index contributed by atoms with van der Waals surface area (Å²) in [6.07, 6.45) is 6.88. The van der Waals surface area contributed by atoms with Crippen LogP contribution in [0.3, 0.4) is 0 Å². The third-order valence-corrected chi connectivity index (χ3v) is 5.85. The molecular formula is C22H31N6O4+. The SMILES string of the molecule is CNc1[nH]n2c(=O)c(C(=O)NC3CC3)c(O)[n+](CC(C)C)c2c1/C=C/C(=O)N1CCCC1. The molecule has 4 N–H and O–H groups in total. The number of H-pyrrole nitrogens is 1. The fourth-order valence-electron chi connectivity index (χ4n) is 4.08. The Morgan fingerprint density at radius 2 is 1.97 bits per heavy atom. The number of anilines is 1. The molecule has 1 aliphatic heterocycles. The summed E-state index contributed by atoms with van der Waals surface area (Å²) in [7, 11) is 1.70. The zero-order chi connectivity index (χ0) is 23.0. The zero-order valence-corrected chi connectivity index (χ0v) is 18.8. The molecule has 172 valence electrons. The van der Waals surface area contributed by atoms with Crippen LogP contribution in [0.2, 0.25) is 0 Å². The van der Waals surface area contributed by atoms with Crippen LogP contribution in [-0.2, 0) is 11.3 Å². The molecule has 2 fully saturated rings. The number of fused-ring (bicyclic) bond motifs is 1. The summed E-state index contributed by atoms with van der Waals surface area (Å²) in [6.45, 7) is 5.82. The smallest absolute Gasteiger partial charge is 0.378 e. The Labute approximate surface area is 185 Å². The largest absolute Gasteiger partial charge is 0.477 e. The summed E-state index contributed by atoms with van der Waals surface area (Å²) >= 11 is 0. The Morgan fingerprint density at radius 3 is 2.56 bits per heavy atom. The highest BCUT2D eigenvalue weighted by atomic mass is 16.3. The molecule has 10 nitrogen and oxygen atoms in total. The molecule has 0 bridgehead atoms. The van der Waals surface area contributed by atoms with Crippen molar-refractivity contribution >= 4 is 29.4 Å². The number of aromatic amines is 1. The van der Waals surface area contributed by atoms with E-state index in [1.165, 1.54) is 10.6 Å². The van der Waals surface area contributed by atoms with Crippen molar-refractivity contribution in [1.82, 2.24) is 19.8 Å². The maximum absolute atomic E-state index is 13.2. The van der Waals surface area contributed by atoms with E-state index in [1.54, 1.807) is 22.6 Å². The number of likely N-dealkylation sites (tertiary alicyclic amines) is 1. The Balaban J connectivity index is 1.87. The summed E-state index contributed by atoms with van der Waals surface area (Å²) < 4.78 is 2.82. The van der Waals surface area contributed by atoms with Gasteiger partial charge >= 0.3 is 17.1 Å². The summed E-state index contributed by atoms with van der Waals surface area (Å²) in [4.78, 5) is 40.3. The van der Waals surface area contributed by atoms with Gasteiger partial charge < -0.3 is 20.6 Å². The number of aromatic hydroxyl groups is 1. The summed E-state index contributed by atoms with van der Waals surface area (Å²) in [5.74, 6) is -0.411. The van der Waals surface area contributed by atoms with Crippen LogP contribution in [0.5, 0.6) is 5.88 Å². The van der Waals surface area contributed by atoms with Crippen LogP contribution in [-0.4, -0.2) is 57.6 Å². The van der Waals surface area contributed by atoms with Crippen molar-refractivity contribution in [2.24, 2.45) is 5.92 Å². The van der Waals surface area contributed by atoms with E-state index in [9.17, 15) is 19.5 Å². The predicted octanol–water partition coefficient (Wildman–Crippen LogP) is 0.846. The summed E-state index contributed by atoms with van der Waals surface area (Å²) in [6, 6.07) is 0.0483. The van der Waals surface area contributed by atoms with Crippen LogP contribution in [0.25, 0.3) is 11.7 Å². The van der Waals surface area contributed by atoms with Crippen molar-refractivity contribution in [2.45, 2.75) is 52.1 Å². The van der Waals surface area contributed by atoms with Gasteiger partial charge in [0.05, 0.1) is 6.54 Å². The molecule has 0 radical (unpaired) electrons. The van der Waals surface area contributed by atoms with Crippen LogP contribution in [0.15, 0.2) is 10.9 Å². The van der Waals surface area contributed by atoms with Crippen molar-refractivity contribution in [3.05, 3.63) is 27.6 Å². The first-order valence-electron chi connectivity index (χ1n) is 11.2. The fraction of sp³-hybridized carbons (Fsp3) is 0.545. The molecule has 1 saturated carbocycles. The maximum atomic E-state index is 13.2. The van der Waals surface area contributed by atoms with Gasteiger partial charge in [0, 0.05) is 32.3 Å². The van der Waals surface area contributed by atoms with Gasteiger partial charge in [0.25, 0.3) is 5.91 Å². The summed E-state index contributed by atoms with van der Waals surface area (Å²) in [5, 5.41) is 19.8. The van der Waals surface area contributed by atoms with E-state index in [-0.39, 0.29) is 29.3 Å². The standard InChI is InChI=1S/C22H30N6O4/c1-13(2)12-27-20-15(8-9-16(29)26-10-4-5-11-26)18(23-3)25-28(20)22(32)17(21(27)31)19(30)24-14-6-7-14/h8-9,13-14H,4-7,10-12H2,1-3H3,(H3,23,24,25,30,31,32)/p+1/b9-8+. The lowest BCUT2D eigenvalue weighted by Gasteiger charge is -2.12. The van der Waals surface area contributed by atoms with Crippen molar-refractivity contribution in [3.63, 3.8) is 0 Å². The normalized spacial score (nSPS) is 16.4. The van der Waals surface area contributed by atoms with Gasteiger partial charge in [-0.2, -0.15) is 4.57 Å². The van der Waals surface area contributed by atoms with Gasteiger partial charge in [-0.15, -0.1) is 0 Å². The number of rotatable bonds is 7. The monoisotopic (exact) mass is 443 g/mol. The van der Waals surface area contributed by atoms with E-state index in [0.29, 0.717) is 23.6 Å². The highest BCUT2D eigenvalue weighted by molar-refractivity contribution is 5.96. The van der Waals surface area contributed by atoms with Crippen molar-refractivity contribution in [2.75, 3.05) is 25.5 Å². The quantitative estimate of drug-likeness (QED) is 0.373. The van der Waals surface area contributed by atoms with E-state index in [1.807, 2.05) is 13.8 Å². The second kappa shape index (κ2) is 8.68. The molecule has 2 amide bonds. The van der Waals surface area contributed by atoms with Crippen LogP contribution in [0, 0.1) is 5.92 Å². The molecule has 0 atom stereocenters. The first-order valence-corrected chi connectivity index (χ1v) is 11.2. The first kappa shape index (κ1) is 21.9. The molecule has 2 aromatic rings. The van der Waals surface area contributed by atoms with Crippen LogP contribution in [0.4, 0.5) is 5.82 Å². The average molecular weight is 444 g/mol. The lowest BCUT2D eigenvalue weighted by Crippen LogP contribution is -2.46. The molecule has 0 spiro atoms. The number of nitrogens with zero attached hydrogens (tertiary/aromatic N) is 3. The zero-order valence-electron chi connectivity index (χ0n) is 18.8. The van der Waals surface area contributed by atoms with Crippen molar-refractivity contribution in [3.8, 4) is 5.88 Å². The highest BCUT2D eigenvalue weighted by Gasteiger charge is 2.35. The lowest BCUT2D eigenvalue weighted by molar-refractivity contribution is -0.686. The van der Waals surface area contributed by atoms with Crippen LogP contribution < -0.4 is 20.8 Å². The number of hydrogen-bond acceptors (Lipinski definition) is 5. The lowest BCUT2D eigenvalue weighted by atomic mass is 10.2. The van der Waals surface area contributed by atoms with E-state index in [0.717, 1.165) is 38.8 Å². The molecule has 2 aliphatic rings. The molecule has 10 heteroatoms. The second-order valence-electron chi connectivity index (χ2n) is 8.93. The second-order valence-corrected chi connectivity index (χ2v) is 8.93. The Hall–Kier alpha value is -3.30. The van der Waals surface area contributed by atoms with Gasteiger partial charge in [-0.25, -0.2) is 9.89 Å². The molecule has 32 heavy (non-hydrogen) atoms. The maximum Gasteiger partial charge on any atom is 0.378 e. The molecule has 4 rings (SSSR count). The minimum Gasteiger partial charge on any atom is -0.477 e. The van der Waals surface area contributed by atoms with Crippen LogP contribution in [0.1, 0.15) is 55.5 Å². The molecule has 1 saturated heterocycles.